The highest BCUT2D eigenvalue weighted by Crippen LogP contribution is 2.15. The maximum Gasteiger partial charge on any atom is 0.249 e. The Kier molecular flexibility index (Phi) is 47.1. The predicted octanol–water partition coefficient (Wildman–Crippen LogP) is 15.4. The summed E-state index contributed by atoms with van der Waals surface area (Å²) in [6, 6.07) is -0.827. The highest BCUT2D eigenvalue weighted by molar-refractivity contribution is 5.80. The number of unbranched alkanes of at least 4 members (excludes halogenated alkanes) is 30. The molecule has 1 amide bonds. The Morgan fingerprint density at radius 2 is 0.746 bits per heavy atom. The second-order valence-corrected chi connectivity index (χ2v) is 17.4. The van der Waals surface area contributed by atoms with E-state index >= 15 is 0 Å². The first kappa shape index (κ1) is 57.1. The monoisotopic (exact) mass is 826 g/mol. The molecule has 0 aromatic rings. The summed E-state index contributed by atoms with van der Waals surface area (Å²) < 4.78 is 0. The molecule has 0 aliphatic carbocycles. The van der Waals surface area contributed by atoms with E-state index < -0.39 is 24.2 Å². The number of aliphatic hydroxyl groups excluding tert-OH is 3. The van der Waals surface area contributed by atoms with Gasteiger partial charge in [0.15, 0.2) is 0 Å². The van der Waals surface area contributed by atoms with Gasteiger partial charge < -0.3 is 20.6 Å². The Morgan fingerprint density at radius 3 is 1.14 bits per heavy atom. The first-order valence-electron chi connectivity index (χ1n) is 25.6. The Balaban J connectivity index is 3.71. The van der Waals surface area contributed by atoms with E-state index in [2.05, 4.69) is 67.8 Å². The van der Waals surface area contributed by atoms with Gasteiger partial charge in [0.1, 0.15) is 6.10 Å². The molecule has 0 saturated heterocycles. The van der Waals surface area contributed by atoms with Crippen LogP contribution >= 0.6 is 0 Å². The summed E-state index contributed by atoms with van der Waals surface area (Å²) in [4.78, 5) is 12.5. The number of carbonyl (C=O) groups excluding carboxylic acids is 1. The predicted molar refractivity (Wildman–Crippen MR) is 259 cm³/mol. The van der Waals surface area contributed by atoms with E-state index in [1.54, 1.807) is 6.08 Å². The Morgan fingerprint density at radius 1 is 0.424 bits per heavy atom. The van der Waals surface area contributed by atoms with Gasteiger partial charge in [-0.3, -0.25) is 4.79 Å². The lowest BCUT2D eigenvalue weighted by Crippen LogP contribution is -2.48. The van der Waals surface area contributed by atoms with Crippen molar-refractivity contribution in [2.24, 2.45) is 0 Å². The van der Waals surface area contributed by atoms with E-state index in [4.69, 9.17) is 0 Å². The molecule has 0 spiro atoms. The van der Waals surface area contributed by atoms with Gasteiger partial charge in [-0.05, 0) is 77.0 Å². The summed E-state index contributed by atoms with van der Waals surface area (Å²) in [5, 5.41) is 33.2. The second kappa shape index (κ2) is 48.7. The van der Waals surface area contributed by atoms with Gasteiger partial charge in [0, 0.05) is 0 Å². The molecule has 3 atom stereocenters. The quantitative estimate of drug-likeness (QED) is 0.0363. The maximum atomic E-state index is 12.5. The summed E-state index contributed by atoms with van der Waals surface area (Å²) in [6.07, 6.45) is 65.6. The van der Waals surface area contributed by atoms with Crippen molar-refractivity contribution in [1.29, 1.82) is 0 Å². The van der Waals surface area contributed by atoms with E-state index in [9.17, 15) is 20.1 Å². The lowest BCUT2D eigenvalue weighted by atomic mass is 10.0. The molecule has 0 radical (unpaired) electrons. The SMILES string of the molecule is CCCCCCCCCCC/C=C\C/C=C\CCCCCCCCCCC(O)C(=O)NC(CO)C(O)/C=C/CC/C=C/CC/C=C/CCCCCCCCCCCCC. The molecule has 0 saturated carbocycles. The molecule has 0 rings (SSSR count). The zero-order valence-electron chi connectivity index (χ0n) is 39.1. The molecule has 0 heterocycles. The van der Waals surface area contributed by atoms with Crippen molar-refractivity contribution in [1.82, 2.24) is 5.32 Å². The molecule has 4 N–H and O–H groups in total. The lowest BCUT2D eigenvalue weighted by Gasteiger charge is -2.21. The van der Waals surface area contributed by atoms with Crippen LogP contribution in [0.2, 0.25) is 0 Å². The van der Waals surface area contributed by atoms with E-state index in [0.717, 1.165) is 51.4 Å². The lowest BCUT2D eigenvalue weighted by molar-refractivity contribution is -0.131. The standard InChI is InChI=1S/C54H99NO4/c1-3-5-7-9-11-13-15-17-19-21-23-25-26-27-29-31-33-35-37-39-41-43-45-47-49-53(58)54(59)55-51(50-56)52(57)48-46-44-42-40-38-36-34-32-30-28-24-22-20-18-16-14-12-10-8-6-4-2/h23,25,27,29-30,32,38,40,46,48,51-53,56-58H,3-22,24,26,28,31,33-37,39,41-45,47,49-50H2,1-2H3,(H,55,59)/b25-23-,29-27-,32-30+,40-38+,48-46+. The van der Waals surface area contributed by atoms with Crippen LogP contribution in [0, 0.1) is 0 Å². The van der Waals surface area contributed by atoms with Crippen molar-refractivity contribution in [2.75, 3.05) is 6.61 Å². The van der Waals surface area contributed by atoms with Gasteiger partial charge in [0.2, 0.25) is 5.91 Å². The van der Waals surface area contributed by atoms with Crippen LogP contribution in [0.1, 0.15) is 251 Å². The van der Waals surface area contributed by atoms with E-state index in [1.165, 1.54) is 180 Å². The summed E-state index contributed by atoms with van der Waals surface area (Å²) in [6.45, 7) is 4.17. The number of amides is 1. The van der Waals surface area contributed by atoms with Crippen molar-refractivity contribution in [2.45, 2.75) is 270 Å². The van der Waals surface area contributed by atoms with Crippen LogP contribution in [0.5, 0.6) is 0 Å². The van der Waals surface area contributed by atoms with Crippen molar-refractivity contribution in [3.8, 4) is 0 Å². The van der Waals surface area contributed by atoms with Crippen molar-refractivity contribution >= 4 is 5.91 Å². The Hall–Kier alpha value is -1.95. The maximum absolute atomic E-state index is 12.5. The highest BCUT2D eigenvalue weighted by atomic mass is 16.3. The first-order valence-corrected chi connectivity index (χ1v) is 25.6. The normalized spacial score (nSPS) is 13.9. The van der Waals surface area contributed by atoms with Gasteiger partial charge >= 0.3 is 0 Å². The fourth-order valence-electron chi connectivity index (χ4n) is 7.54. The first-order chi connectivity index (χ1) is 29.1. The molecule has 3 unspecified atom stereocenters. The van der Waals surface area contributed by atoms with Crippen molar-refractivity contribution < 1.29 is 20.1 Å². The zero-order valence-corrected chi connectivity index (χ0v) is 39.1. The summed E-state index contributed by atoms with van der Waals surface area (Å²) in [5.41, 5.74) is 0. The molecule has 0 bridgehead atoms. The van der Waals surface area contributed by atoms with Gasteiger partial charge in [0.05, 0.1) is 18.8 Å². The van der Waals surface area contributed by atoms with Crippen LogP contribution in [0.15, 0.2) is 60.8 Å². The van der Waals surface area contributed by atoms with Crippen LogP contribution in [-0.2, 0) is 4.79 Å². The Bertz CT molecular complexity index is 1000. The van der Waals surface area contributed by atoms with Gasteiger partial charge in [-0.15, -0.1) is 0 Å². The number of carbonyl (C=O) groups is 1. The van der Waals surface area contributed by atoms with Crippen molar-refractivity contribution in [3.05, 3.63) is 60.8 Å². The molecule has 0 aliphatic heterocycles. The topological polar surface area (TPSA) is 89.8 Å². The Labute approximate surface area is 367 Å². The summed E-state index contributed by atoms with van der Waals surface area (Å²) in [7, 11) is 0. The molecule has 0 aromatic carbocycles. The number of allylic oxidation sites excluding steroid dienone is 9. The number of rotatable bonds is 46. The van der Waals surface area contributed by atoms with E-state index in [1.807, 2.05) is 6.08 Å². The van der Waals surface area contributed by atoms with E-state index in [0.29, 0.717) is 6.42 Å². The minimum absolute atomic E-state index is 0.385. The highest BCUT2D eigenvalue weighted by Gasteiger charge is 2.22. The smallest absolute Gasteiger partial charge is 0.249 e. The van der Waals surface area contributed by atoms with Crippen molar-refractivity contribution in [3.63, 3.8) is 0 Å². The minimum Gasteiger partial charge on any atom is -0.394 e. The molecule has 0 aliphatic rings. The number of hydrogen-bond donors (Lipinski definition) is 4. The third kappa shape index (κ3) is 43.9. The number of aliphatic hydroxyl groups is 3. The largest absolute Gasteiger partial charge is 0.394 e. The molecule has 59 heavy (non-hydrogen) atoms. The van der Waals surface area contributed by atoms with Gasteiger partial charge in [0.25, 0.3) is 0 Å². The fourth-order valence-corrected chi connectivity index (χ4v) is 7.54. The summed E-state index contributed by atoms with van der Waals surface area (Å²) in [5.74, 6) is -0.522. The minimum atomic E-state index is -1.12. The van der Waals surface area contributed by atoms with Gasteiger partial charge in [-0.2, -0.15) is 0 Å². The molecule has 5 heteroatoms. The van der Waals surface area contributed by atoms with Crippen LogP contribution in [0.3, 0.4) is 0 Å². The molecule has 0 aromatic heterocycles. The average molecular weight is 826 g/mol. The number of hydrogen-bond acceptors (Lipinski definition) is 4. The third-order valence-corrected chi connectivity index (χ3v) is 11.6. The summed E-state index contributed by atoms with van der Waals surface area (Å²) >= 11 is 0. The number of nitrogens with one attached hydrogen (secondary N) is 1. The zero-order chi connectivity index (χ0) is 43.0. The molecule has 344 valence electrons. The van der Waals surface area contributed by atoms with Gasteiger partial charge in [-0.25, -0.2) is 0 Å². The van der Waals surface area contributed by atoms with Crippen LogP contribution in [0.25, 0.3) is 0 Å². The van der Waals surface area contributed by atoms with E-state index in [-0.39, 0.29) is 6.61 Å². The van der Waals surface area contributed by atoms with Gasteiger partial charge in [-0.1, -0.05) is 235 Å². The second-order valence-electron chi connectivity index (χ2n) is 17.4. The molecular formula is C54H99NO4. The van der Waals surface area contributed by atoms with Crippen LogP contribution in [0.4, 0.5) is 0 Å². The van der Waals surface area contributed by atoms with Crippen LogP contribution in [-0.4, -0.2) is 46.1 Å². The fraction of sp³-hybridized carbons (Fsp3) is 0.796. The molecule has 0 fully saturated rings. The third-order valence-electron chi connectivity index (χ3n) is 11.6. The van der Waals surface area contributed by atoms with Crippen LogP contribution < -0.4 is 5.32 Å². The molecule has 5 nitrogen and oxygen atoms in total. The molecular weight excluding hydrogens is 727 g/mol. The average Bonchev–Trinajstić information content (AvgIpc) is 3.24.